The van der Waals surface area contributed by atoms with E-state index in [2.05, 4.69) is 19.1 Å². The molecule has 0 amide bonds. The Morgan fingerprint density at radius 2 is 2.00 bits per heavy atom. The van der Waals surface area contributed by atoms with Crippen LogP contribution in [0.5, 0.6) is 11.5 Å². The van der Waals surface area contributed by atoms with Crippen molar-refractivity contribution in [1.82, 2.24) is 0 Å². The van der Waals surface area contributed by atoms with Crippen LogP contribution in [0.3, 0.4) is 0 Å². The highest BCUT2D eigenvalue weighted by Crippen LogP contribution is 2.56. The summed E-state index contributed by atoms with van der Waals surface area (Å²) in [5.74, 6) is 2.28. The van der Waals surface area contributed by atoms with Crippen LogP contribution in [0.1, 0.15) is 25.3 Å². The van der Waals surface area contributed by atoms with Gasteiger partial charge >= 0.3 is 0 Å². The minimum atomic E-state index is 0.175. The van der Waals surface area contributed by atoms with E-state index in [9.17, 15) is 0 Å². The molecule has 0 bridgehead atoms. The number of hydrogen-bond acceptors (Lipinski definition) is 3. The summed E-state index contributed by atoms with van der Waals surface area (Å²) in [6, 6.07) is 6.15. The van der Waals surface area contributed by atoms with Gasteiger partial charge in [0.15, 0.2) is 11.5 Å². The molecular formula is C14H21NO2. The lowest BCUT2D eigenvalue weighted by Crippen LogP contribution is -2.22. The molecule has 17 heavy (non-hydrogen) atoms. The molecule has 0 aromatic heterocycles. The molecule has 2 rings (SSSR count). The van der Waals surface area contributed by atoms with Gasteiger partial charge in [-0.25, -0.2) is 0 Å². The van der Waals surface area contributed by atoms with E-state index in [-0.39, 0.29) is 5.41 Å². The summed E-state index contributed by atoms with van der Waals surface area (Å²) in [4.78, 5) is 0. The SMILES string of the molecule is CCC1CC1(CN)c1ccc(OC)c(OC)c1. The number of hydrogen-bond donors (Lipinski definition) is 1. The summed E-state index contributed by atoms with van der Waals surface area (Å²) in [5, 5.41) is 0. The molecule has 2 unspecified atom stereocenters. The summed E-state index contributed by atoms with van der Waals surface area (Å²) in [6.07, 6.45) is 2.38. The quantitative estimate of drug-likeness (QED) is 0.852. The van der Waals surface area contributed by atoms with Crippen molar-refractivity contribution in [3.8, 4) is 11.5 Å². The molecule has 1 fully saturated rings. The van der Waals surface area contributed by atoms with Crippen LogP contribution in [0, 0.1) is 5.92 Å². The molecule has 0 heterocycles. The summed E-state index contributed by atoms with van der Waals surface area (Å²) >= 11 is 0. The highest BCUT2D eigenvalue weighted by Gasteiger charge is 2.52. The molecule has 3 heteroatoms. The monoisotopic (exact) mass is 235 g/mol. The zero-order valence-electron chi connectivity index (χ0n) is 10.8. The molecule has 2 atom stereocenters. The van der Waals surface area contributed by atoms with E-state index in [4.69, 9.17) is 15.2 Å². The van der Waals surface area contributed by atoms with Crippen molar-refractivity contribution in [2.75, 3.05) is 20.8 Å². The predicted octanol–water partition coefficient (Wildman–Crippen LogP) is 2.33. The van der Waals surface area contributed by atoms with E-state index in [1.807, 2.05) is 6.07 Å². The number of benzene rings is 1. The molecule has 1 aliphatic rings. The van der Waals surface area contributed by atoms with Gasteiger partial charge in [-0.2, -0.15) is 0 Å². The lowest BCUT2D eigenvalue weighted by atomic mass is 9.92. The Morgan fingerprint density at radius 1 is 1.29 bits per heavy atom. The Hall–Kier alpha value is -1.22. The minimum Gasteiger partial charge on any atom is -0.493 e. The van der Waals surface area contributed by atoms with E-state index >= 15 is 0 Å². The van der Waals surface area contributed by atoms with Crippen molar-refractivity contribution in [1.29, 1.82) is 0 Å². The average molecular weight is 235 g/mol. The zero-order valence-corrected chi connectivity index (χ0v) is 10.8. The normalized spacial score (nSPS) is 26.7. The first kappa shape index (κ1) is 12.2. The molecule has 1 aliphatic carbocycles. The van der Waals surface area contributed by atoms with Crippen LogP contribution in [-0.4, -0.2) is 20.8 Å². The molecule has 2 N–H and O–H groups in total. The molecule has 1 aromatic carbocycles. The van der Waals surface area contributed by atoms with Crippen molar-refractivity contribution < 1.29 is 9.47 Å². The Balaban J connectivity index is 2.34. The van der Waals surface area contributed by atoms with Gasteiger partial charge < -0.3 is 15.2 Å². The number of nitrogens with two attached hydrogens (primary N) is 1. The lowest BCUT2D eigenvalue weighted by Gasteiger charge is -2.17. The first-order chi connectivity index (χ1) is 8.21. The van der Waals surface area contributed by atoms with Crippen LogP contribution in [0.4, 0.5) is 0 Å². The van der Waals surface area contributed by atoms with E-state index in [1.165, 1.54) is 18.4 Å². The van der Waals surface area contributed by atoms with Gasteiger partial charge in [0.1, 0.15) is 0 Å². The van der Waals surface area contributed by atoms with Crippen LogP contribution < -0.4 is 15.2 Å². The van der Waals surface area contributed by atoms with E-state index in [0.717, 1.165) is 11.5 Å². The van der Waals surface area contributed by atoms with Crippen molar-refractivity contribution in [3.05, 3.63) is 23.8 Å². The van der Waals surface area contributed by atoms with Gasteiger partial charge in [-0.05, 0) is 30.0 Å². The first-order valence-corrected chi connectivity index (χ1v) is 6.14. The topological polar surface area (TPSA) is 44.5 Å². The maximum absolute atomic E-state index is 5.96. The first-order valence-electron chi connectivity index (χ1n) is 6.14. The fraction of sp³-hybridized carbons (Fsp3) is 0.571. The average Bonchev–Trinajstić information content (AvgIpc) is 3.13. The van der Waals surface area contributed by atoms with Crippen molar-refractivity contribution in [2.24, 2.45) is 11.7 Å². The lowest BCUT2D eigenvalue weighted by molar-refractivity contribution is 0.354. The number of ether oxygens (including phenoxy) is 2. The maximum atomic E-state index is 5.96. The van der Waals surface area contributed by atoms with Crippen LogP contribution in [0.25, 0.3) is 0 Å². The Kier molecular flexibility index (Phi) is 3.29. The molecule has 0 aliphatic heterocycles. The van der Waals surface area contributed by atoms with E-state index in [0.29, 0.717) is 12.5 Å². The Bertz CT molecular complexity index is 405. The van der Waals surface area contributed by atoms with Gasteiger partial charge in [-0.15, -0.1) is 0 Å². The van der Waals surface area contributed by atoms with Crippen molar-refractivity contribution >= 4 is 0 Å². The summed E-state index contributed by atoms with van der Waals surface area (Å²) in [5.41, 5.74) is 7.41. The largest absolute Gasteiger partial charge is 0.493 e. The fourth-order valence-electron chi connectivity index (χ4n) is 2.78. The molecule has 94 valence electrons. The Morgan fingerprint density at radius 3 is 2.47 bits per heavy atom. The highest BCUT2D eigenvalue weighted by atomic mass is 16.5. The molecule has 1 saturated carbocycles. The molecule has 0 saturated heterocycles. The zero-order chi connectivity index (χ0) is 12.5. The van der Waals surface area contributed by atoms with Crippen LogP contribution in [0.2, 0.25) is 0 Å². The molecular weight excluding hydrogens is 214 g/mol. The van der Waals surface area contributed by atoms with Crippen molar-refractivity contribution in [3.63, 3.8) is 0 Å². The molecule has 0 spiro atoms. The second kappa shape index (κ2) is 4.57. The standard InChI is InChI=1S/C14H21NO2/c1-4-10-8-14(10,9-15)11-5-6-12(16-2)13(7-11)17-3/h5-7,10H,4,8-9,15H2,1-3H3. The van der Waals surface area contributed by atoms with Gasteiger partial charge in [-0.1, -0.05) is 19.4 Å². The van der Waals surface area contributed by atoms with Crippen molar-refractivity contribution in [2.45, 2.75) is 25.2 Å². The highest BCUT2D eigenvalue weighted by molar-refractivity contribution is 5.47. The van der Waals surface area contributed by atoms with Gasteiger partial charge in [-0.3, -0.25) is 0 Å². The van der Waals surface area contributed by atoms with Gasteiger partial charge in [0, 0.05) is 12.0 Å². The van der Waals surface area contributed by atoms with Crippen LogP contribution >= 0.6 is 0 Å². The van der Waals surface area contributed by atoms with E-state index < -0.39 is 0 Å². The predicted molar refractivity (Wildman–Crippen MR) is 68.7 cm³/mol. The van der Waals surface area contributed by atoms with Crippen LogP contribution in [-0.2, 0) is 5.41 Å². The van der Waals surface area contributed by atoms with Gasteiger partial charge in [0.25, 0.3) is 0 Å². The van der Waals surface area contributed by atoms with Gasteiger partial charge in [0.2, 0.25) is 0 Å². The summed E-state index contributed by atoms with van der Waals surface area (Å²) in [6.45, 7) is 2.93. The third-order valence-electron chi connectivity index (χ3n) is 4.05. The van der Waals surface area contributed by atoms with Gasteiger partial charge in [0.05, 0.1) is 14.2 Å². The number of methoxy groups -OCH3 is 2. The smallest absolute Gasteiger partial charge is 0.161 e. The molecule has 0 radical (unpaired) electrons. The third-order valence-corrected chi connectivity index (χ3v) is 4.05. The van der Waals surface area contributed by atoms with E-state index in [1.54, 1.807) is 14.2 Å². The number of rotatable bonds is 5. The second-order valence-corrected chi connectivity index (χ2v) is 4.74. The summed E-state index contributed by atoms with van der Waals surface area (Å²) in [7, 11) is 3.32. The molecule has 3 nitrogen and oxygen atoms in total. The third kappa shape index (κ3) is 1.89. The second-order valence-electron chi connectivity index (χ2n) is 4.74. The minimum absolute atomic E-state index is 0.175. The maximum Gasteiger partial charge on any atom is 0.161 e. The fourth-order valence-corrected chi connectivity index (χ4v) is 2.78. The van der Waals surface area contributed by atoms with Crippen LogP contribution in [0.15, 0.2) is 18.2 Å². The molecule has 1 aromatic rings. The summed E-state index contributed by atoms with van der Waals surface area (Å²) < 4.78 is 10.6. The Labute approximate surface area is 103 Å².